The molecule has 0 amide bonds. The molecular formula is C20H24O. The van der Waals surface area contributed by atoms with Crippen molar-refractivity contribution in [2.45, 2.75) is 57.5 Å². The fourth-order valence-corrected chi connectivity index (χ4v) is 4.41. The monoisotopic (exact) mass is 280 g/mol. The van der Waals surface area contributed by atoms with E-state index in [0.717, 1.165) is 12.8 Å². The SMILES string of the molecule is OC(c1ccc2c3c(cccc13)CC2)C1CCCCCC1. The van der Waals surface area contributed by atoms with Crippen molar-refractivity contribution in [2.24, 2.45) is 5.92 Å². The molecule has 0 aliphatic heterocycles. The van der Waals surface area contributed by atoms with E-state index < -0.39 is 0 Å². The minimum atomic E-state index is -0.284. The maximum atomic E-state index is 11.0. The smallest absolute Gasteiger partial charge is 0.0824 e. The average Bonchev–Trinajstić information content (AvgIpc) is 2.76. The number of hydrogen-bond acceptors (Lipinski definition) is 1. The fraction of sp³-hybridized carbons (Fsp3) is 0.500. The first-order chi connectivity index (χ1) is 10.3. The third-order valence-electron chi connectivity index (χ3n) is 5.58. The molecule has 1 fully saturated rings. The molecule has 1 heteroatoms. The minimum Gasteiger partial charge on any atom is -0.388 e. The van der Waals surface area contributed by atoms with Crippen LogP contribution < -0.4 is 0 Å². The Hall–Kier alpha value is -1.34. The van der Waals surface area contributed by atoms with E-state index in [1.54, 1.807) is 0 Å². The lowest BCUT2D eigenvalue weighted by Gasteiger charge is -2.23. The summed E-state index contributed by atoms with van der Waals surface area (Å²) in [6, 6.07) is 11.1. The Morgan fingerprint density at radius 1 is 0.857 bits per heavy atom. The predicted molar refractivity (Wildman–Crippen MR) is 87.5 cm³/mol. The highest BCUT2D eigenvalue weighted by Crippen LogP contribution is 2.39. The van der Waals surface area contributed by atoms with Crippen molar-refractivity contribution in [2.75, 3.05) is 0 Å². The second kappa shape index (κ2) is 5.46. The summed E-state index contributed by atoms with van der Waals surface area (Å²) in [5.41, 5.74) is 4.11. The third kappa shape index (κ3) is 2.28. The fourth-order valence-electron chi connectivity index (χ4n) is 4.41. The summed E-state index contributed by atoms with van der Waals surface area (Å²) in [5.74, 6) is 0.450. The van der Waals surface area contributed by atoms with Crippen LogP contribution in [-0.4, -0.2) is 5.11 Å². The van der Waals surface area contributed by atoms with Crippen LogP contribution in [0.5, 0.6) is 0 Å². The molecule has 1 atom stereocenters. The standard InChI is InChI=1S/C20H24O/c21-20(16-6-3-1-2-4-7-16)18-13-12-15-11-10-14-8-5-9-17(18)19(14)15/h5,8-9,12-13,16,20-21H,1-4,6-7,10-11H2. The van der Waals surface area contributed by atoms with E-state index in [1.165, 1.54) is 66.0 Å². The minimum absolute atomic E-state index is 0.284. The Labute approximate surface area is 127 Å². The van der Waals surface area contributed by atoms with Gasteiger partial charge >= 0.3 is 0 Å². The summed E-state index contributed by atoms with van der Waals surface area (Å²) in [7, 11) is 0. The molecule has 1 nitrogen and oxygen atoms in total. The molecule has 1 saturated carbocycles. The van der Waals surface area contributed by atoms with Crippen LogP contribution in [0.2, 0.25) is 0 Å². The first-order valence-electron chi connectivity index (χ1n) is 8.56. The highest BCUT2D eigenvalue weighted by Gasteiger charge is 2.25. The lowest BCUT2D eigenvalue weighted by atomic mass is 9.86. The van der Waals surface area contributed by atoms with Gasteiger partial charge in [0.1, 0.15) is 0 Å². The van der Waals surface area contributed by atoms with Crippen molar-refractivity contribution in [1.29, 1.82) is 0 Å². The van der Waals surface area contributed by atoms with Crippen LogP contribution in [0, 0.1) is 5.92 Å². The third-order valence-corrected chi connectivity index (χ3v) is 5.58. The Kier molecular flexibility index (Phi) is 3.46. The van der Waals surface area contributed by atoms with Gasteiger partial charge in [0.2, 0.25) is 0 Å². The van der Waals surface area contributed by atoms with Gasteiger partial charge in [-0.2, -0.15) is 0 Å². The van der Waals surface area contributed by atoms with E-state index in [-0.39, 0.29) is 6.10 Å². The van der Waals surface area contributed by atoms with Crippen LogP contribution in [-0.2, 0) is 12.8 Å². The normalized spacial score (nSPS) is 20.6. The van der Waals surface area contributed by atoms with Crippen molar-refractivity contribution < 1.29 is 5.11 Å². The zero-order valence-corrected chi connectivity index (χ0v) is 12.6. The Morgan fingerprint density at radius 3 is 2.33 bits per heavy atom. The highest BCUT2D eigenvalue weighted by atomic mass is 16.3. The summed E-state index contributed by atoms with van der Waals surface area (Å²) >= 11 is 0. The van der Waals surface area contributed by atoms with Crippen LogP contribution in [0.15, 0.2) is 30.3 Å². The average molecular weight is 280 g/mol. The molecule has 0 radical (unpaired) electrons. The second-order valence-electron chi connectivity index (χ2n) is 6.85. The van der Waals surface area contributed by atoms with Crippen LogP contribution >= 0.6 is 0 Å². The van der Waals surface area contributed by atoms with Crippen LogP contribution in [0.1, 0.15) is 61.3 Å². The highest BCUT2D eigenvalue weighted by molar-refractivity contribution is 5.93. The van der Waals surface area contributed by atoms with Crippen molar-refractivity contribution in [3.63, 3.8) is 0 Å². The van der Waals surface area contributed by atoms with Gasteiger partial charge in [0.25, 0.3) is 0 Å². The Bertz CT molecular complexity index is 640. The van der Waals surface area contributed by atoms with E-state index in [4.69, 9.17) is 0 Å². The number of hydrogen-bond donors (Lipinski definition) is 1. The van der Waals surface area contributed by atoms with E-state index in [0.29, 0.717) is 5.92 Å². The van der Waals surface area contributed by atoms with E-state index >= 15 is 0 Å². The molecule has 110 valence electrons. The van der Waals surface area contributed by atoms with Gasteiger partial charge < -0.3 is 5.11 Å². The van der Waals surface area contributed by atoms with Gasteiger partial charge in [-0.1, -0.05) is 56.0 Å². The molecule has 2 aliphatic rings. The molecule has 0 aromatic heterocycles. The van der Waals surface area contributed by atoms with Gasteiger partial charge in [-0.3, -0.25) is 0 Å². The maximum Gasteiger partial charge on any atom is 0.0824 e. The van der Waals surface area contributed by atoms with Crippen molar-refractivity contribution in [3.05, 3.63) is 47.0 Å². The molecule has 2 aliphatic carbocycles. The van der Waals surface area contributed by atoms with Crippen molar-refractivity contribution in [3.8, 4) is 0 Å². The molecule has 2 aromatic rings. The first kappa shape index (κ1) is 13.3. The predicted octanol–water partition coefficient (Wildman–Crippen LogP) is 4.94. The summed E-state index contributed by atoms with van der Waals surface area (Å²) in [6.07, 6.45) is 9.65. The molecular weight excluding hydrogens is 256 g/mol. The summed E-state index contributed by atoms with van der Waals surface area (Å²) in [6.45, 7) is 0. The Balaban J connectivity index is 1.76. The molecule has 0 saturated heterocycles. The molecule has 4 rings (SSSR count). The molecule has 21 heavy (non-hydrogen) atoms. The van der Waals surface area contributed by atoms with Crippen molar-refractivity contribution in [1.82, 2.24) is 0 Å². The number of aryl methyl sites for hydroxylation is 2. The van der Waals surface area contributed by atoms with Crippen molar-refractivity contribution >= 4 is 10.8 Å². The summed E-state index contributed by atoms with van der Waals surface area (Å²) in [4.78, 5) is 0. The number of aliphatic hydroxyl groups is 1. The largest absolute Gasteiger partial charge is 0.388 e. The summed E-state index contributed by atoms with van der Waals surface area (Å²) < 4.78 is 0. The molecule has 2 aromatic carbocycles. The van der Waals surface area contributed by atoms with Gasteiger partial charge in [-0.25, -0.2) is 0 Å². The lowest BCUT2D eigenvalue weighted by Crippen LogP contribution is -2.12. The van der Waals surface area contributed by atoms with Gasteiger partial charge in [-0.15, -0.1) is 0 Å². The molecule has 1 N–H and O–H groups in total. The number of aliphatic hydroxyl groups excluding tert-OH is 1. The van der Waals surface area contributed by atoms with Gasteiger partial charge in [0, 0.05) is 0 Å². The zero-order chi connectivity index (χ0) is 14.2. The van der Waals surface area contributed by atoms with Crippen LogP contribution in [0.4, 0.5) is 0 Å². The van der Waals surface area contributed by atoms with E-state index in [2.05, 4.69) is 30.3 Å². The number of benzene rings is 2. The maximum absolute atomic E-state index is 11.0. The zero-order valence-electron chi connectivity index (χ0n) is 12.6. The topological polar surface area (TPSA) is 20.2 Å². The van der Waals surface area contributed by atoms with Gasteiger partial charge in [0.05, 0.1) is 6.10 Å². The molecule has 0 heterocycles. The van der Waals surface area contributed by atoms with E-state index in [9.17, 15) is 5.11 Å². The van der Waals surface area contributed by atoms with Crippen LogP contribution in [0.3, 0.4) is 0 Å². The summed E-state index contributed by atoms with van der Waals surface area (Å²) in [5, 5.41) is 13.7. The van der Waals surface area contributed by atoms with E-state index in [1.807, 2.05) is 0 Å². The quantitative estimate of drug-likeness (QED) is 0.772. The first-order valence-corrected chi connectivity index (χ1v) is 8.56. The van der Waals surface area contributed by atoms with Gasteiger partial charge in [-0.05, 0) is 59.1 Å². The van der Waals surface area contributed by atoms with Gasteiger partial charge in [0.15, 0.2) is 0 Å². The van der Waals surface area contributed by atoms with Crippen LogP contribution in [0.25, 0.3) is 10.8 Å². The molecule has 1 unspecified atom stereocenters. The Morgan fingerprint density at radius 2 is 1.57 bits per heavy atom. The molecule has 0 spiro atoms. The molecule has 0 bridgehead atoms. The second-order valence-corrected chi connectivity index (χ2v) is 6.85. The lowest BCUT2D eigenvalue weighted by molar-refractivity contribution is 0.100. The number of rotatable bonds is 2.